The average molecular weight is 242 g/mol. The fourth-order valence-electron chi connectivity index (χ4n) is 1.21. The number of nitrogens with one attached hydrogen (secondary N) is 1. The van der Waals surface area contributed by atoms with Crippen molar-refractivity contribution in [1.29, 1.82) is 0 Å². The monoisotopic (exact) mass is 241 g/mol. The van der Waals surface area contributed by atoms with Gasteiger partial charge in [-0.15, -0.1) is 0 Å². The number of aliphatic imine (C=N–C) groups is 1. The molecule has 0 unspecified atom stereocenters. The summed E-state index contributed by atoms with van der Waals surface area (Å²) in [5.41, 5.74) is 0.971. The second-order valence-corrected chi connectivity index (χ2v) is 4.55. The van der Waals surface area contributed by atoms with Crippen LogP contribution in [0.25, 0.3) is 0 Å². The molecule has 0 saturated heterocycles. The van der Waals surface area contributed by atoms with Crippen LogP contribution in [0.5, 0.6) is 0 Å². The molecule has 3 nitrogen and oxygen atoms in total. The first-order chi connectivity index (χ1) is 7.20. The molecule has 1 aliphatic rings. The van der Waals surface area contributed by atoms with E-state index in [1.54, 1.807) is 11.9 Å². The molecule has 0 spiro atoms. The molecule has 0 bridgehead atoms. The van der Waals surface area contributed by atoms with Gasteiger partial charge in [0.1, 0.15) is 0 Å². The van der Waals surface area contributed by atoms with Crippen molar-refractivity contribution in [2.75, 3.05) is 13.6 Å². The Morgan fingerprint density at radius 3 is 3.07 bits per heavy atom. The van der Waals surface area contributed by atoms with E-state index in [0.29, 0.717) is 0 Å². The van der Waals surface area contributed by atoms with Crippen molar-refractivity contribution in [3.05, 3.63) is 23.2 Å². The van der Waals surface area contributed by atoms with Gasteiger partial charge >= 0.3 is 0 Å². The standard InChI is InChI=1S/C10H12ClN3S/c1-3-14(2)10-12-8-5-4-7(11)6-9(8)15-13-10/h4-6H,3H2,1-2H3,(H,12,13). The van der Waals surface area contributed by atoms with Gasteiger partial charge in [-0.1, -0.05) is 11.6 Å². The zero-order valence-corrected chi connectivity index (χ0v) is 10.2. The summed E-state index contributed by atoms with van der Waals surface area (Å²) in [5, 5.41) is 0.741. The van der Waals surface area contributed by atoms with Gasteiger partial charge in [0.15, 0.2) is 0 Å². The third-order valence-corrected chi connectivity index (χ3v) is 3.30. The third kappa shape index (κ3) is 2.21. The molecule has 0 saturated carbocycles. The maximum atomic E-state index is 5.90. The molecule has 15 heavy (non-hydrogen) atoms. The number of nitrogens with zero attached hydrogens (tertiary/aromatic N) is 2. The summed E-state index contributed by atoms with van der Waals surface area (Å²) in [6.45, 7) is 3.02. The topological polar surface area (TPSA) is 27.6 Å². The van der Waals surface area contributed by atoms with E-state index >= 15 is 0 Å². The van der Waals surface area contributed by atoms with Crippen LogP contribution in [0, 0.1) is 0 Å². The Labute approximate surface area is 98.7 Å². The van der Waals surface area contributed by atoms with Gasteiger partial charge < -0.3 is 4.90 Å². The quantitative estimate of drug-likeness (QED) is 0.767. The molecule has 0 radical (unpaired) electrons. The lowest BCUT2D eigenvalue weighted by molar-refractivity contribution is 0.524. The maximum Gasteiger partial charge on any atom is 0.209 e. The molecule has 0 atom stereocenters. The van der Waals surface area contributed by atoms with Crippen molar-refractivity contribution >= 4 is 35.2 Å². The van der Waals surface area contributed by atoms with Crippen molar-refractivity contribution in [2.24, 2.45) is 4.99 Å². The highest BCUT2D eigenvalue weighted by atomic mass is 35.5. The Morgan fingerprint density at radius 2 is 2.33 bits per heavy atom. The van der Waals surface area contributed by atoms with E-state index in [0.717, 1.165) is 28.1 Å². The van der Waals surface area contributed by atoms with Crippen molar-refractivity contribution in [1.82, 2.24) is 9.62 Å². The van der Waals surface area contributed by atoms with E-state index in [4.69, 9.17) is 11.6 Å². The van der Waals surface area contributed by atoms with Crippen LogP contribution in [-0.4, -0.2) is 24.5 Å². The maximum absolute atomic E-state index is 5.90. The van der Waals surface area contributed by atoms with Gasteiger partial charge in [0.05, 0.1) is 10.6 Å². The fraction of sp³-hybridized carbons (Fsp3) is 0.300. The van der Waals surface area contributed by atoms with Crippen LogP contribution >= 0.6 is 23.5 Å². The summed E-state index contributed by atoms with van der Waals surface area (Å²) < 4.78 is 3.19. The SMILES string of the molecule is CCN(C)C1=Nc2ccc(Cl)cc2SN1. The van der Waals surface area contributed by atoms with Gasteiger partial charge in [-0.2, -0.15) is 0 Å². The number of hydrogen-bond acceptors (Lipinski definition) is 4. The Bertz CT molecular complexity index is 406. The van der Waals surface area contributed by atoms with Gasteiger partial charge in [0.2, 0.25) is 5.96 Å². The Kier molecular flexibility index (Phi) is 3.07. The Hall–Kier alpha value is -0.870. The van der Waals surface area contributed by atoms with Gasteiger partial charge in [-0.3, -0.25) is 4.72 Å². The first-order valence-corrected chi connectivity index (χ1v) is 5.92. The second-order valence-electron chi connectivity index (χ2n) is 3.27. The first-order valence-electron chi connectivity index (χ1n) is 4.73. The lowest BCUT2D eigenvalue weighted by Gasteiger charge is -2.23. The van der Waals surface area contributed by atoms with Crippen LogP contribution in [0.3, 0.4) is 0 Å². The van der Waals surface area contributed by atoms with Gasteiger partial charge in [-0.05, 0) is 37.1 Å². The summed E-state index contributed by atoms with van der Waals surface area (Å²) in [5.74, 6) is 0.886. The van der Waals surface area contributed by atoms with Crippen LogP contribution in [-0.2, 0) is 0 Å². The lowest BCUT2D eigenvalue weighted by Crippen LogP contribution is -2.36. The predicted molar refractivity (Wildman–Crippen MR) is 65.8 cm³/mol. The number of hydrogen-bond donors (Lipinski definition) is 1. The summed E-state index contributed by atoms with van der Waals surface area (Å²) >= 11 is 7.45. The predicted octanol–water partition coefficient (Wildman–Crippen LogP) is 2.89. The van der Waals surface area contributed by atoms with Crippen LogP contribution < -0.4 is 4.72 Å². The van der Waals surface area contributed by atoms with E-state index in [2.05, 4.69) is 21.5 Å². The normalized spacial score (nSPS) is 13.9. The van der Waals surface area contributed by atoms with E-state index < -0.39 is 0 Å². The minimum absolute atomic E-state index is 0.741. The molecule has 80 valence electrons. The molecule has 0 amide bonds. The number of rotatable bonds is 1. The summed E-state index contributed by atoms with van der Waals surface area (Å²) in [6, 6.07) is 5.72. The molecule has 1 aliphatic heterocycles. The van der Waals surface area contributed by atoms with E-state index in [-0.39, 0.29) is 0 Å². The third-order valence-electron chi connectivity index (χ3n) is 2.24. The molecule has 1 N–H and O–H groups in total. The highest BCUT2D eigenvalue weighted by molar-refractivity contribution is 7.98. The largest absolute Gasteiger partial charge is 0.345 e. The molecule has 1 heterocycles. The van der Waals surface area contributed by atoms with Gasteiger partial charge in [0, 0.05) is 18.6 Å². The lowest BCUT2D eigenvalue weighted by atomic mass is 10.3. The molecular formula is C10H12ClN3S. The highest BCUT2D eigenvalue weighted by Crippen LogP contribution is 2.33. The smallest absolute Gasteiger partial charge is 0.209 e. The zero-order valence-electron chi connectivity index (χ0n) is 8.62. The van der Waals surface area contributed by atoms with E-state index in [1.807, 2.05) is 25.2 Å². The highest BCUT2D eigenvalue weighted by Gasteiger charge is 2.14. The van der Waals surface area contributed by atoms with E-state index in [9.17, 15) is 0 Å². The zero-order chi connectivity index (χ0) is 10.8. The molecule has 2 rings (SSSR count). The number of guanidine groups is 1. The molecular weight excluding hydrogens is 230 g/mol. The van der Waals surface area contributed by atoms with Crippen LogP contribution in [0.1, 0.15) is 6.92 Å². The minimum atomic E-state index is 0.741. The van der Waals surface area contributed by atoms with Crippen LogP contribution in [0.4, 0.5) is 5.69 Å². The summed E-state index contributed by atoms with van der Waals surface area (Å²) in [4.78, 5) is 7.63. The molecule has 0 aliphatic carbocycles. The molecule has 1 aromatic rings. The van der Waals surface area contributed by atoms with Crippen molar-refractivity contribution in [2.45, 2.75) is 11.8 Å². The Balaban J connectivity index is 2.33. The van der Waals surface area contributed by atoms with Crippen molar-refractivity contribution < 1.29 is 0 Å². The minimum Gasteiger partial charge on any atom is -0.345 e. The summed E-state index contributed by atoms with van der Waals surface area (Å²) in [6.07, 6.45) is 0. The van der Waals surface area contributed by atoms with Crippen molar-refractivity contribution in [3.63, 3.8) is 0 Å². The molecule has 5 heteroatoms. The Morgan fingerprint density at radius 1 is 1.53 bits per heavy atom. The van der Waals surface area contributed by atoms with Crippen LogP contribution in [0.15, 0.2) is 28.1 Å². The van der Waals surface area contributed by atoms with Gasteiger partial charge in [-0.25, -0.2) is 4.99 Å². The van der Waals surface area contributed by atoms with Gasteiger partial charge in [0.25, 0.3) is 0 Å². The van der Waals surface area contributed by atoms with Crippen molar-refractivity contribution in [3.8, 4) is 0 Å². The average Bonchev–Trinajstić information content (AvgIpc) is 2.27. The van der Waals surface area contributed by atoms with E-state index in [1.165, 1.54) is 0 Å². The number of fused-ring (bicyclic) bond motifs is 1. The first kappa shape index (κ1) is 10.6. The number of benzene rings is 1. The summed E-state index contributed by atoms with van der Waals surface area (Å²) in [7, 11) is 2.01. The fourth-order valence-corrected chi connectivity index (χ4v) is 2.26. The molecule has 0 aromatic heterocycles. The molecule has 0 fully saturated rings. The number of halogens is 1. The second kappa shape index (κ2) is 4.33. The molecule has 1 aromatic carbocycles. The van der Waals surface area contributed by atoms with Crippen LogP contribution in [0.2, 0.25) is 5.02 Å².